The molecule has 0 spiro atoms. The quantitative estimate of drug-likeness (QED) is 0.864. The molecular weight excluding hydrogens is 208 g/mol. The number of hydrogen-bond donors (Lipinski definition) is 1. The lowest BCUT2D eigenvalue weighted by atomic mass is 10.0. The van der Waals surface area contributed by atoms with E-state index in [4.69, 9.17) is 5.73 Å². The van der Waals surface area contributed by atoms with Crippen molar-refractivity contribution >= 4 is 5.69 Å². The SMILES string of the molecule is CCCC1CCN(c2ccc(CN)c(C)c2)C1. The zero-order chi connectivity index (χ0) is 12.3. The zero-order valence-electron chi connectivity index (χ0n) is 11.1. The first kappa shape index (κ1) is 12.4. The smallest absolute Gasteiger partial charge is 0.0369 e. The lowest BCUT2D eigenvalue weighted by Gasteiger charge is -2.20. The van der Waals surface area contributed by atoms with Crippen LogP contribution in [-0.2, 0) is 6.54 Å². The maximum atomic E-state index is 5.70. The van der Waals surface area contributed by atoms with Crippen LogP contribution in [0.1, 0.15) is 37.3 Å². The zero-order valence-corrected chi connectivity index (χ0v) is 11.1. The van der Waals surface area contributed by atoms with E-state index < -0.39 is 0 Å². The van der Waals surface area contributed by atoms with Crippen molar-refractivity contribution < 1.29 is 0 Å². The Hall–Kier alpha value is -1.02. The molecule has 2 nitrogen and oxygen atoms in total. The molecule has 17 heavy (non-hydrogen) atoms. The largest absolute Gasteiger partial charge is 0.371 e. The van der Waals surface area contributed by atoms with Gasteiger partial charge in [0, 0.05) is 25.3 Å². The van der Waals surface area contributed by atoms with E-state index in [1.54, 1.807) is 0 Å². The number of hydrogen-bond acceptors (Lipinski definition) is 2. The summed E-state index contributed by atoms with van der Waals surface area (Å²) in [4.78, 5) is 2.52. The summed E-state index contributed by atoms with van der Waals surface area (Å²) in [6.07, 6.45) is 4.03. The highest BCUT2D eigenvalue weighted by molar-refractivity contribution is 5.51. The van der Waals surface area contributed by atoms with Crippen LogP contribution in [-0.4, -0.2) is 13.1 Å². The van der Waals surface area contributed by atoms with Gasteiger partial charge in [0.2, 0.25) is 0 Å². The Kier molecular flexibility index (Phi) is 4.06. The molecule has 94 valence electrons. The number of nitrogens with zero attached hydrogens (tertiary/aromatic N) is 1. The fraction of sp³-hybridized carbons (Fsp3) is 0.600. The van der Waals surface area contributed by atoms with E-state index in [0.717, 1.165) is 5.92 Å². The van der Waals surface area contributed by atoms with Crippen LogP contribution in [0.5, 0.6) is 0 Å². The molecular formula is C15H24N2. The Morgan fingerprint density at radius 1 is 1.41 bits per heavy atom. The second-order valence-corrected chi connectivity index (χ2v) is 5.20. The van der Waals surface area contributed by atoms with Crippen LogP contribution >= 0.6 is 0 Å². The molecule has 1 aliphatic heterocycles. The molecule has 2 rings (SSSR count). The van der Waals surface area contributed by atoms with E-state index in [1.807, 2.05) is 0 Å². The van der Waals surface area contributed by atoms with Gasteiger partial charge in [0.1, 0.15) is 0 Å². The highest BCUT2D eigenvalue weighted by Crippen LogP contribution is 2.27. The maximum absolute atomic E-state index is 5.70. The maximum Gasteiger partial charge on any atom is 0.0369 e. The lowest BCUT2D eigenvalue weighted by Crippen LogP contribution is -2.19. The highest BCUT2D eigenvalue weighted by atomic mass is 15.1. The van der Waals surface area contributed by atoms with Crippen LogP contribution in [0.25, 0.3) is 0 Å². The molecule has 2 N–H and O–H groups in total. The fourth-order valence-corrected chi connectivity index (χ4v) is 2.82. The monoisotopic (exact) mass is 232 g/mol. The highest BCUT2D eigenvalue weighted by Gasteiger charge is 2.21. The molecule has 0 aliphatic carbocycles. The van der Waals surface area contributed by atoms with Crippen molar-refractivity contribution in [1.82, 2.24) is 0 Å². The molecule has 1 atom stereocenters. The first-order chi connectivity index (χ1) is 8.24. The van der Waals surface area contributed by atoms with Gasteiger partial charge in [-0.1, -0.05) is 19.4 Å². The third-order valence-corrected chi connectivity index (χ3v) is 3.89. The predicted molar refractivity (Wildman–Crippen MR) is 74.3 cm³/mol. The third-order valence-electron chi connectivity index (χ3n) is 3.89. The van der Waals surface area contributed by atoms with E-state index in [9.17, 15) is 0 Å². The minimum atomic E-state index is 0.643. The second kappa shape index (κ2) is 5.54. The summed E-state index contributed by atoms with van der Waals surface area (Å²) in [5, 5.41) is 0. The standard InChI is InChI=1S/C15H24N2/c1-3-4-13-7-8-17(11-13)15-6-5-14(10-16)12(2)9-15/h5-6,9,13H,3-4,7-8,10-11,16H2,1-2H3. The molecule has 1 aromatic rings. The van der Waals surface area contributed by atoms with Crippen molar-refractivity contribution in [1.29, 1.82) is 0 Å². The Morgan fingerprint density at radius 2 is 2.24 bits per heavy atom. The molecule has 1 heterocycles. The van der Waals surface area contributed by atoms with E-state index in [0.29, 0.717) is 6.54 Å². The van der Waals surface area contributed by atoms with Gasteiger partial charge in [-0.25, -0.2) is 0 Å². The first-order valence-corrected chi connectivity index (χ1v) is 6.79. The van der Waals surface area contributed by atoms with Crippen molar-refractivity contribution in [3.63, 3.8) is 0 Å². The van der Waals surface area contributed by atoms with Crippen molar-refractivity contribution in [2.24, 2.45) is 11.7 Å². The van der Waals surface area contributed by atoms with E-state index >= 15 is 0 Å². The summed E-state index contributed by atoms with van der Waals surface area (Å²) in [5.41, 5.74) is 9.66. The lowest BCUT2D eigenvalue weighted by molar-refractivity contribution is 0.530. The molecule has 1 saturated heterocycles. The molecule has 1 aromatic carbocycles. The van der Waals surface area contributed by atoms with E-state index in [-0.39, 0.29) is 0 Å². The average Bonchev–Trinajstić information content (AvgIpc) is 2.78. The van der Waals surface area contributed by atoms with Crippen LogP contribution < -0.4 is 10.6 Å². The van der Waals surface area contributed by atoms with Crippen LogP contribution in [0.2, 0.25) is 0 Å². The molecule has 0 bridgehead atoms. The van der Waals surface area contributed by atoms with Crippen LogP contribution in [0.15, 0.2) is 18.2 Å². The van der Waals surface area contributed by atoms with Crippen LogP contribution in [0.4, 0.5) is 5.69 Å². The van der Waals surface area contributed by atoms with Gasteiger partial charge in [-0.3, -0.25) is 0 Å². The summed E-state index contributed by atoms with van der Waals surface area (Å²) < 4.78 is 0. The third kappa shape index (κ3) is 2.81. The summed E-state index contributed by atoms with van der Waals surface area (Å²) >= 11 is 0. The number of benzene rings is 1. The summed E-state index contributed by atoms with van der Waals surface area (Å²) in [5.74, 6) is 0.898. The topological polar surface area (TPSA) is 29.3 Å². The van der Waals surface area contributed by atoms with Crippen LogP contribution in [0, 0.1) is 12.8 Å². The fourth-order valence-electron chi connectivity index (χ4n) is 2.82. The van der Waals surface area contributed by atoms with Crippen molar-refractivity contribution in [2.45, 2.75) is 39.7 Å². The Bertz CT molecular complexity index is 373. The second-order valence-electron chi connectivity index (χ2n) is 5.20. The minimum absolute atomic E-state index is 0.643. The summed E-state index contributed by atoms with van der Waals surface area (Å²) in [6, 6.07) is 6.69. The Morgan fingerprint density at radius 3 is 2.88 bits per heavy atom. The van der Waals surface area contributed by atoms with Crippen molar-refractivity contribution in [2.75, 3.05) is 18.0 Å². The predicted octanol–water partition coefficient (Wildman–Crippen LogP) is 3.08. The van der Waals surface area contributed by atoms with Crippen LogP contribution in [0.3, 0.4) is 0 Å². The average molecular weight is 232 g/mol. The van der Waals surface area contributed by atoms with Crippen molar-refractivity contribution in [3.8, 4) is 0 Å². The van der Waals surface area contributed by atoms with Gasteiger partial charge >= 0.3 is 0 Å². The molecule has 0 aromatic heterocycles. The van der Waals surface area contributed by atoms with Crippen molar-refractivity contribution in [3.05, 3.63) is 29.3 Å². The number of aryl methyl sites for hydroxylation is 1. The molecule has 1 fully saturated rings. The Labute approximate surface area is 105 Å². The van der Waals surface area contributed by atoms with Gasteiger partial charge in [0.15, 0.2) is 0 Å². The molecule has 0 amide bonds. The van der Waals surface area contributed by atoms with Gasteiger partial charge in [-0.05, 0) is 48.9 Å². The summed E-state index contributed by atoms with van der Waals surface area (Å²) in [7, 11) is 0. The van der Waals surface area contributed by atoms with Gasteiger partial charge in [0.25, 0.3) is 0 Å². The van der Waals surface area contributed by atoms with Gasteiger partial charge in [-0.15, -0.1) is 0 Å². The Balaban J connectivity index is 2.06. The van der Waals surface area contributed by atoms with Gasteiger partial charge < -0.3 is 10.6 Å². The molecule has 1 aliphatic rings. The molecule has 0 saturated carbocycles. The summed E-state index contributed by atoms with van der Waals surface area (Å²) in [6.45, 7) is 7.53. The molecule has 2 heteroatoms. The van der Waals surface area contributed by atoms with Gasteiger partial charge in [-0.2, -0.15) is 0 Å². The number of anilines is 1. The first-order valence-electron chi connectivity index (χ1n) is 6.79. The van der Waals surface area contributed by atoms with Gasteiger partial charge in [0.05, 0.1) is 0 Å². The van der Waals surface area contributed by atoms with E-state index in [1.165, 1.54) is 49.2 Å². The normalized spacial score (nSPS) is 19.9. The number of rotatable bonds is 4. The molecule has 1 unspecified atom stereocenters. The molecule has 0 radical (unpaired) electrons. The minimum Gasteiger partial charge on any atom is -0.371 e. The van der Waals surface area contributed by atoms with E-state index in [2.05, 4.69) is 36.9 Å². The number of nitrogens with two attached hydrogens (primary N) is 1.